The van der Waals surface area contributed by atoms with Gasteiger partial charge in [-0.15, -0.1) is 0 Å². The van der Waals surface area contributed by atoms with Crippen LogP contribution in [0.25, 0.3) is 0 Å². The molecule has 0 radical (unpaired) electrons. The SMILES string of the molecule is CC1=C[P@](=O)(c2ccccc2)C(C2=C(C)C(C)=C[P@@]2(=O)c2ccccc2)=C1C. The fourth-order valence-corrected chi connectivity index (χ4v) is 11.1. The van der Waals surface area contributed by atoms with E-state index in [-0.39, 0.29) is 0 Å². The average molecular weight is 406 g/mol. The van der Waals surface area contributed by atoms with Gasteiger partial charge < -0.3 is 9.13 Å². The van der Waals surface area contributed by atoms with Gasteiger partial charge in [0.05, 0.1) is 0 Å². The molecule has 0 amide bonds. The van der Waals surface area contributed by atoms with Crippen LogP contribution in [0.5, 0.6) is 0 Å². The molecule has 0 unspecified atom stereocenters. The van der Waals surface area contributed by atoms with Crippen molar-refractivity contribution < 1.29 is 9.13 Å². The molecule has 0 aromatic heterocycles. The Bertz CT molecular complexity index is 1080. The van der Waals surface area contributed by atoms with Gasteiger partial charge in [0.1, 0.15) is 0 Å². The zero-order chi connectivity index (χ0) is 20.1. The quantitative estimate of drug-likeness (QED) is 0.529. The summed E-state index contributed by atoms with van der Waals surface area (Å²) < 4.78 is 28.8. The lowest BCUT2D eigenvalue weighted by molar-refractivity contribution is 0.587. The van der Waals surface area contributed by atoms with Gasteiger partial charge in [0.25, 0.3) is 0 Å². The Morgan fingerprint density at radius 3 is 1.18 bits per heavy atom. The van der Waals surface area contributed by atoms with Crippen molar-refractivity contribution in [3.05, 3.63) is 105 Å². The topological polar surface area (TPSA) is 34.1 Å². The van der Waals surface area contributed by atoms with E-state index < -0.39 is 14.3 Å². The lowest BCUT2D eigenvalue weighted by Gasteiger charge is -2.24. The first kappa shape index (κ1) is 19.2. The summed E-state index contributed by atoms with van der Waals surface area (Å²) in [6, 6.07) is 19.2. The summed E-state index contributed by atoms with van der Waals surface area (Å²) in [4.78, 5) is 0. The minimum absolute atomic E-state index is 0.772. The first-order valence-corrected chi connectivity index (χ1v) is 13.0. The van der Waals surface area contributed by atoms with Crippen LogP contribution in [0.1, 0.15) is 27.7 Å². The van der Waals surface area contributed by atoms with E-state index in [0.717, 1.165) is 43.5 Å². The maximum absolute atomic E-state index is 14.4. The van der Waals surface area contributed by atoms with E-state index >= 15 is 0 Å². The molecule has 2 aliphatic rings. The Balaban J connectivity index is 2.01. The lowest BCUT2D eigenvalue weighted by Crippen LogP contribution is -2.09. The summed E-state index contributed by atoms with van der Waals surface area (Å²) in [6.07, 6.45) is 0. The van der Waals surface area contributed by atoms with E-state index in [0.29, 0.717) is 0 Å². The molecule has 2 heterocycles. The Hall–Kier alpha value is -2.14. The lowest BCUT2D eigenvalue weighted by atomic mass is 10.1. The fourth-order valence-electron chi connectivity index (χ4n) is 4.12. The average Bonchev–Trinajstić information content (AvgIpc) is 3.07. The third-order valence-electron chi connectivity index (χ3n) is 5.81. The molecule has 0 aliphatic carbocycles. The van der Waals surface area contributed by atoms with Gasteiger partial charge in [-0.05, 0) is 61.6 Å². The van der Waals surface area contributed by atoms with Crippen LogP contribution in [0, 0.1) is 0 Å². The predicted octanol–water partition coefficient (Wildman–Crippen LogP) is 6.75. The Labute approximate surface area is 167 Å². The fraction of sp³-hybridized carbons (Fsp3) is 0.167. The zero-order valence-corrected chi connectivity index (χ0v) is 18.4. The molecule has 2 atom stereocenters. The standard InChI is InChI=1S/C24H24O2P2/c1-17-15-27(25,21-11-7-5-8-12-21)23(19(17)3)24-20(4)18(2)16-28(24,26)22-13-9-6-10-14-22/h5-16H,1-4H3/t27-,28+. The Morgan fingerprint density at radius 1 is 0.536 bits per heavy atom. The largest absolute Gasteiger partial charge is 0.309 e. The van der Waals surface area contributed by atoms with Gasteiger partial charge in [0.15, 0.2) is 14.3 Å². The van der Waals surface area contributed by atoms with Crippen molar-refractivity contribution in [3.8, 4) is 0 Å². The second kappa shape index (κ2) is 6.73. The molecule has 0 saturated carbocycles. The van der Waals surface area contributed by atoms with E-state index in [4.69, 9.17) is 0 Å². The van der Waals surface area contributed by atoms with Crippen LogP contribution < -0.4 is 10.6 Å². The highest BCUT2D eigenvalue weighted by Crippen LogP contribution is 2.74. The molecule has 142 valence electrons. The van der Waals surface area contributed by atoms with Crippen molar-refractivity contribution in [2.24, 2.45) is 0 Å². The summed E-state index contributed by atoms with van der Waals surface area (Å²) in [6.45, 7) is 8.01. The predicted molar refractivity (Wildman–Crippen MR) is 120 cm³/mol. The minimum Gasteiger partial charge on any atom is -0.309 e. The van der Waals surface area contributed by atoms with E-state index in [2.05, 4.69) is 0 Å². The van der Waals surface area contributed by atoms with Gasteiger partial charge in [0.2, 0.25) is 0 Å². The second-order valence-electron chi connectivity index (χ2n) is 7.56. The maximum Gasteiger partial charge on any atom is 0.165 e. The molecule has 0 fully saturated rings. The van der Waals surface area contributed by atoms with Crippen LogP contribution in [0.15, 0.2) is 105 Å². The smallest absolute Gasteiger partial charge is 0.165 e. The van der Waals surface area contributed by atoms with E-state index in [1.165, 1.54) is 0 Å². The molecule has 0 N–H and O–H groups in total. The molecule has 28 heavy (non-hydrogen) atoms. The summed E-state index contributed by atoms with van der Waals surface area (Å²) >= 11 is 0. The highest BCUT2D eigenvalue weighted by molar-refractivity contribution is 7.84. The Kier molecular flexibility index (Phi) is 4.61. The molecule has 4 rings (SSSR count). The third kappa shape index (κ3) is 2.71. The zero-order valence-electron chi connectivity index (χ0n) is 16.6. The summed E-state index contributed by atoms with van der Waals surface area (Å²) in [5.74, 6) is 3.80. The van der Waals surface area contributed by atoms with Crippen LogP contribution >= 0.6 is 14.3 Å². The molecule has 2 aliphatic heterocycles. The molecule has 0 saturated heterocycles. The van der Waals surface area contributed by atoms with Crippen molar-refractivity contribution in [3.63, 3.8) is 0 Å². The highest BCUT2D eigenvalue weighted by atomic mass is 31.2. The number of hydrogen-bond donors (Lipinski definition) is 0. The maximum atomic E-state index is 14.4. The van der Waals surface area contributed by atoms with Gasteiger partial charge in [-0.2, -0.15) is 0 Å². The number of allylic oxidation sites excluding steroid dienone is 6. The summed E-state index contributed by atoms with van der Waals surface area (Å²) in [5.41, 5.74) is 3.99. The molecular formula is C24H24O2P2. The molecule has 4 heteroatoms. The van der Waals surface area contributed by atoms with Gasteiger partial charge >= 0.3 is 0 Å². The van der Waals surface area contributed by atoms with Crippen LogP contribution in [0.4, 0.5) is 0 Å². The van der Waals surface area contributed by atoms with Crippen molar-refractivity contribution >= 4 is 24.9 Å². The first-order valence-electron chi connectivity index (χ1n) is 9.42. The van der Waals surface area contributed by atoms with Crippen molar-refractivity contribution in [2.45, 2.75) is 27.7 Å². The monoisotopic (exact) mass is 406 g/mol. The number of benzene rings is 2. The van der Waals surface area contributed by atoms with Crippen LogP contribution in [-0.2, 0) is 9.13 Å². The molecule has 0 spiro atoms. The number of rotatable bonds is 3. The van der Waals surface area contributed by atoms with E-state index in [9.17, 15) is 9.13 Å². The normalized spacial score (nSPS) is 27.3. The van der Waals surface area contributed by atoms with Gasteiger partial charge in [-0.1, -0.05) is 60.7 Å². The summed E-state index contributed by atoms with van der Waals surface area (Å²) in [5, 5.41) is 3.14. The molecule has 0 bridgehead atoms. The van der Waals surface area contributed by atoms with Crippen LogP contribution in [0.3, 0.4) is 0 Å². The van der Waals surface area contributed by atoms with Gasteiger partial charge in [-0.3, -0.25) is 0 Å². The van der Waals surface area contributed by atoms with Gasteiger partial charge in [-0.25, -0.2) is 0 Å². The van der Waals surface area contributed by atoms with E-state index in [1.54, 1.807) is 0 Å². The third-order valence-corrected chi connectivity index (χ3v) is 12.1. The minimum atomic E-state index is -3.00. The second-order valence-corrected chi connectivity index (χ2v) is 12.6. The van der Waals surface area contributed by atoms with Crippen LogP contribution in [-0.4, -0.2) is 0 Å². The van der Waals surface area contributed by atoms with Gasteiger partial charge in [0, 0.05) is 21.2 Å². The highest BCUT2D eigenvalue weighted by Gasteiger charge is 2.45. The first-order chi connectivity index (χ1) is 13.3. The molecule has 2 aromatic carbocycles. The molecule has 2 nitrogen and oxygen atoms in total. The van der Waals surface area contributed by atoms with E-state index in [1.807, 2.05) is 100.0 Å². The number of hydrogen-bond acceptors (Lipinski definition) is 2. The van der Waals surface area contributed by atoms with Crippen molar-refractivity contribution in [2.75, 3.05) is 0 Å². The molecule has 2 aromatic rings. The van der Waals surface area contributed by atoms with Crippen LogP contribution in [0.2, 0.25) is 0 Å². The molecular weight excluding hydrogens is 382 g/mol. The summed E-state index contributed by atoms with van der Waals surface area (Å²) in [7, 11) is -6.01. The Morgan fingerprint density at radius 2 is 0.857 bits per heavy atom. The van der Waals surface area contributed by atoms with Crippen molar-refractivity contribution in [1.29, 1.82) is 0 Å². The van der Waals surface area contributed by atoms with Crippen molar-refractivity contribution in [1.82, 2.24) is 0 Å².